The predicted molar refractivity (Wildman–Crippen MR) is 107 cm³/mol. The van der Waals surface area contributed by atoms with Crippen LogP contribution in [0.5, 0.6) is 5.75 Å². The smallest absolute Gasteiger partial charge is 0.343 e. The van der Waals surface area contributed by atoms with Gasteiger partial charge in [-0.05, 0) is 54.7 Å². The summed E-state index contributed by atoms with van der Waals surface area (Å²) in [6, 6.07) is 16.3. The number of anilines is 2. The molecule has 0 saturated heterocycles. The van der Waals surface area contributed by atoms with Crippen molar-refractivity contribution in [3.63, 3.8) is 0 Å². The van der Waals surface area contributed by atoms with E-state index in [1.807, 2.05) is 30.3 Å². The first-order valence-corrected chi connectivity index (χ1v) is 8.97. The van der Waals surface area contributed by atoms with Crippen molar-refractivity contribution in [2.45, 2.75) is 19.3 Å². The molecule has 0 unspecified atom stereocenters. The average Bonchev–Trinajstić information content (AvgIpc) is 3.17. The maximum absolute atomic E-state index is 12.6. The third-order valence-electron chi connectivity index (χ3n) is 4.59. The minimum Gasteiger partial charge on any atom is -0.419 e. The zero-order chi connectivity index (χ0) is 19.5. The van der Waals surface area contributed by atoms with Gasteiger partial charge < -0.3 is 16.2 Å². The molecule has 1 heterocycles. The number of rotatable bonds is 4. The van der Waals surface area contributed by atoms with Crippen molar-refractivity contribution in [1.29, 1.82) is 0 Å². The fourth-order valence-corrected chi connectivity index (χ4v) is 3.14. The number of benzene rings is 2. The van der Waals surface area contributed by atoms with Gasteiger partial charge in [0.2, 0.25) is 0 Å². The Hall–Kier alpha value is -3.74. The number of pyridine rings is 1. The van der Waals surface area contributed by atoms with Gasteiger partial charge in [-0.3, -0.25) is 0 Å². The number of aromatic nitrogens is 1. The summed E-state index contributed by atoms with van der Waals surface area (Å²) in [6.45, 7) is 0. The van der Waals surface area contributed by atoms with E-state index in [2.05, 4.69) is 15.2 Å². The third-order valence-corrected chi connectivity index (χ3v) is 4.59. The fraction of sp³-hybridized carbons (Fsp3) is 0.143. The second-order valence-electron chi connectivity index (χ2n) is 6.54. The number of ether oxygens (including phenoxy) is 1. The van der Waals surface area contributed by atoms with Gasteiger partial charge in [-0.1, -0.05) is 24.3 Å². The molecule has 4 rings (SSSR count). The highest BCUT2D eigenvalue weighted by Crippen LogP contribution is 2.32. The molecule has 1 aliphatic rings. The van der Waals surface area contributed by atoms with Gasteiger partial charge in [0.05, 0.1) is 11.3 Å². The number of hydrogen-bond acceptors (Lipinski definition) is 7. The van der Waals surface area contributed by atoms with E-state index >= 15 is 0 Å². The Labute approximate surface area is 162 Å². The predicted octanol–water partition coefficient (Wildman–Crippen LogP) is 4.37. The molecule has 0 spiro atoms. The number of esters is 1. The minimum atomic E-state index is -0.501. The van der Waals surface area contributed by atoms with E-state index in [-0.39, 0.29) is 23.1 Å². The molecular formula is C21H19N5O2. The van der Waals surface area contributed by atoms with Gasteiger partial charge in [-0.25, -0.2) is 9.78 Å². The fourth-order valence-electron chi connectivity index (χ4n) is 3.14. The number of fused-ring (bicyclic) bond motifs is 1. The summed E-state index contributed by atoms with van der Waals surface area (Å²) in [4.78, 5) is 16.6. The molecule has 2 aromatic carbocycles. The summed E-state index contributed by atoms with van der Waals surface area (Å²) in [5, 5.41) is 8.20. The molecule has 1 aromatic heterocycles. The molecule has 0 bridgehead atoms. The Balaban J connectivity index is 1.57. The van der Waals surface area contributed by atoms with E-state index in [0.717, 1.165) is 19.3 Å². The van der Waals surface area contributed by atoms with Crippen LogP contribution in [0.3, 0.4) is 0 Å². The van der Waals surface area contributed by atoms with Gasteiger partial charge in [0.1, 0.15) is 5.69 Å². The molecule has 0 atom stereocenters. The van der Waals surface area contributed by atoms with Crippen molar-refractivity contribution in [3.05, 3.63) is 71.3 Å². The van der Waals surface area contributed by atoms with E-state index in [9.17, 15) is 4.79 Å². The number of carbonyl (C=O) groups excluding carboxylic acids is 1. The Kier molecular flexibility index (Phi) is 4.72. The summed E-state index contributed by atoms with van der Waals surface area (Å²) in [6.07, 6.45) is 3.14. The number of nitrogens with zero attached hydrogens (tertiary/aromatic N) is 3. The lowest BCUT2D eigenvalue weighted by molar-refractivity contribution is 0.0735. The number of nitrogens with two attached hydrogens (primary N) is 2. The van der Waals surface area contributed by atoms with Crippen molar-refractivity contribution < 1.29 is 9.53 Å². The van der Waals surface area contributed by atoms with Crippen molar-refractivity contribution in [3.8, 4) is 5.75 Å². The van der Waals surface area contributed by atoms with Crippen LogP contribution in [0.4, 0.5) is 23.0 Å². The van der Waals surface area contributed by atoms with E-state index in [0.29, 0.717) is 11.3 Å². The average molecular weight is 373 g/mol. The first kappa shape index (κ1) is 17.7. The lowest BCUT2D eigenvalue weighted by atomic mass is 10.1. The molecule has 1 aliphatic carbocycles. The van der Waals surface area contributed by atoms with Gasteiger partial charge in [-0.15, -0.1) is 5.11 Å². The van der Waals surface area contributed by atoms with E-state index < -0.39 is 5.97 Å². The standard InChI is InChI=1S/C21H19N5O2/c22-19-17(26-25-16-7-2-1-3-8-16)12-18(20(23)24-19)28-21(27)15-10-9-13-5-4-6-14(13)11-15/h1-3,7-12H,4-6H2,(H4,22,23,24)/b26-25+. The maximum atomic E-state index is 12.6. The van der Waals surface area contributed by atoms with Gasteiger partial charge in [-0.2, -0.15) is 5.11 Å². The molecule has 4 N–H and O–H groups in total. The Morgan fingerprint density at radius 3 is 2.54 bits per heavy atom. The normalized spacial score (nSPS) is 12.9. The first-order valence-electron chi connectivity index (χ1n) is 8.97. The maximum Gasteiger partial charge on any atom is 0.343 e. The molecule has 3 aromatic rings. The van der Waals surface area contributed by atoms with Gasteiger partial charge in [0.25, 0.3) is 0 Å². The minimum absolute atomic E-state index is 0.0191. The van der Waals surface area contributed by atoms with Gasteiger partial charge in [0, 0.05) is 6.07 Å². The van der Waals surface area contributed by atoms with Crippen molar-refractivity contribution in [2.75, 3.05) is 11.5 Å². The number of aryl methyl sites for hydroxylation is 2. The van der Waals surface area contributed by atoms with Crippen LogP contribution in [0.2, 0.25) is 0 Å². The zero-order valence-electron chi connectivity index (χ0n) is 15.1. The Bertz CT molecular complexity index is 1060. The second kappa shape index (κ2) is 7.48. The van der Waals surface area contributed by atoms with E-state index in [4.69, 9.17) is 16.2 Å². The molecule has 7 nitrogen and oxygen atoms in total. The van der Waals surface area contributed by atoms with Crippen molar-refractivity contribution >= 4 is 29.0 Å². The van der Waals surface area contributed by atoms with Gasteiger partial charge >= 0.3 is 5.97 Å². The summed E-state index contributed by atoms with van der Waals surface area (Å²) in [7, 11) is 0. The number of carbonyl (C=O) groups is 1. The number of nitrogen functional groups attached to an aromatic ring is 2. The van der Waals surface area contributed by atoms with Crippen LogP contribution in [-0.2, 0) is 12.8 Å². The zero-order valence-corrected chi connectivity index (χ0v) is 15.1. The lowest BCUT2D eigenvalue weighted by Crippen LogP contribution is -2.11. The van der Waals surface area contributed by atoms with Crippen molar-refractivity contribution in [1.82, 2.24) is 4.98 Å². The first-order chi connectivity index (χ1) is 13.6. The highest BCUT2D eigenvalue weighted by molar-refractivity contribution is 5.92. The molecule has 0 saturated carbocycles. The van der Waals surface area contributed by atoms with E-state index in [1.54, 1.807) is 18.2 Å². The second-order valence-corrected chi connectivity index (χ2v) is 6.54. The molecule has 0 fully saturated rings. The van der Waals surface area contributed by atoms with Crippen LogP contribution in [0.25, 0.3) is 0 Å². The molecule has 0 aliphatic heterocycles. The van der Waals surface area contributed by atoms with Crippen LogP contribution in [0.1, 0.15) is 27.9 Å². The van der Waals surface area contributed by atoms with Crippen LogP contribution >= 0.6 is 0 Å². The summed E-state index contributed by atoms with van der Waals surface area (Å²) in [5.74, 6) is -0.277. The van der Waals surface area contributed by atoms with Gasteiger partial charge in [0.15, 0.2) is 17.4 Å². The Morgan fingerprint density at radius 1 is 0.929 bits per heavy atom. The van der Waals surface area contributed by atoms with E-state index in [1.165, 1.54) is 17.2 Å². The number of hydrogen-bond donors (Lipinski definition) is 2. The molecule has 0 amide bonds. The highest BCUT2D eigenvalue weighted by atomic mass is 16.5. The summed E-state index contributed by atoms with van der Waals surface area (Å²) >= 11 is 0. The molecular weight excluding hydrogens is 354 g/mol. The molecule has 28 heavy (non-hydrogen) atoms. The summed E-state index contributed by atoms with van der Waals surface area (Å²) in [5.41, 5.74) is 15.6. The van der Waals surface area contributed by atoms with Crippen molar-refractivity contribution in [2.24, 2.45) is 10.2 Å². The largest absolute Gasteiger partial charge is 0.419 e. The lowest BCUT2D eigenvalue weighted by Gasteiger charge is -2.09. The summed E-state index contributed by atoms with van der Waals surface area (Å²) < 4.78 is 5.46. The SMILES string of the molecule is Nc1nc(N)c(OC(=O)c2ccc3c(c2)CCC3)cc1/N=N/c1ccccc1. The van der Waals surface area contributed by atoms with Crippen LogP contribution in [0.15, 0.2) is 64.8 Å². The quantitative estimate of drug-likeness (QED) is 0.520. The van der Waals surface area contributed by atoms with Crippen LogP contribution in [0, 0.1) is 0 Å². The topological polar surface area (TPSA) is 116 Å². The van der Waals surface area contributed by atoms with Crippen LogP contribution in [-0.4, -0.2) is 11.0 Å². The molecule has 140 valence electrons. The highest BCUT2D eigenvalue weighted by Gasteiger charge is 2.17. The van der Waals surface area contributed by atoms with Crippen LogP contribution < -0.4 is 16.2 Å². The molecule has 7 heteroatoms. The Morgan fingerprint density at radius 2 is 1.71 bits per heavy atom. The molecule has 0 radical (unpaired) electrons. The number of azo groups is 1. The monoisotopic (exact) mass is 373 g/mol. The third kappa shape index (κ3) is 3.68.